The first-order valence-electron chi connectivity index (χ1n) is 17.8. The number of phosphoric acid groups is 1. The van der Waals surface area contributed by atoms with Crippen molar-refractivity contribution in [1.29, 1.82) is 0 Å². The maximum atomic E-state index is 12.3. The number of unbranched alkanes of at least 4 members (excludes halogenated alkanes) is 9. The van der Waals surface area contributed by atoms with Gasteiger partial charge in [-0.2, -0.15) is 0 Å². The van der Waals surface area contributed by atoms with E-state index in [9.17, 15) is 14.2 Å². The largest absolute Gasteiger partial charge is 0.469 e. The summed E-state index contributed by atoms with van der Waals surface area (Å²) < 4.78 is 31.9. The van der Waals surface area contributed by atoms with E-state index in [0.717, 1.165) is 50.9 Å². The maximum absolute atomic E-state index is 12.3. The number of epoxide rings is 1. The highest BCUT2D eigenvalue weighted by atomic mass is 31.2. The fraction of sp³-hybridized carbons (Fsp3) is 0.778. The van der Waals surface area contributed by atoms with Gasteiger partial charge in [0.15, 0.2) is 6.10 Å². The van der Waals surface area contributed by atoms with E-state index >= 15 is 0 Å². The molecule has 2 unspecified atom stereocenters. The Morgan fingerprint density at radius 3 is 2.07 bits per heavy atom. The second kappa shape index (κ2) is 27.2. The van der Waals surface area contributed by atoms with Crippen LogP contribution in [0.1, 0.15) is 143 Å². The molecule has 0 bridgehead atoms. The summed E-state index contributed by atoms with van der Waals surface area (Å²) in [4.78, 5) is 42.5. The molecule has 46 heavy (non-hydrogen) atoms. The van der Waals surface area contributed by atoms with Crippen LogP contribution in [0.5, 0.6) is 0 Å². The molecule has 1 aliphatic rings. The van der Waals surface area contributed by atoms with Gasteiger partial charge in [-0.3, -0.25) is 14.1 Å². The minimum absolute atomic E-state index is 0.187. The van der Waals surface area contributed by atoms with Gasteiger partial charge in [-0.25, -0.2) is 4.57 Å². The summed E-state index contributed by atoms with van der Waals surface area (Å²) in [5, 5.41) is 0. The smallest absolute Gasteiger partial charge is 0.462 e. The Balaban J connectivity index is 2.15. The van der Waals surface area contributed by atoms with Crippen LogP contribution in [-0.4, -0.2) is 53.3 Å². The van der Waals surface area contributed by atoms with Crippen LogP contribution in [0.4, 0.5) is 0 Å². The molecule has 10 heteroatoms. The van der Waals surface area contributed by atoms with E-state index in [1.165, 1.54) is 51.4 Å². The first-order valence-corrected chi connectivity index (χ1v) is 19.3. The third-order valence-corrected chi connectivity index (χ3v) is 8.25. The van der Waals surface area contributed by atoms with Gasteiger partial charge in [0.25, 0.3) is 0 Å². The summed E-state index contributed by atoms with van der Waals surface area (Å²) >= 11 is 0. The molecule has 1 heterocycles. The Morgan fingerprint density at radius 2 is 1.39 bits per heavy atom. The average Bonchev–Trinajstić information content (AvgIpc) is 3.75. The summed E-state index contributed by atoms with van der Waals surface area (Å²) in [5.41, 5.74) is 0. The summed E-state index contributed by atoms with van der Waals surface area (Å²) in [6, 6.07) is 0. The highest BCUT2D eigenvalue weighted by Crippen LogP contribution is 2.36. The highest BCUT2D eigenvalue weighted by Gasteiger charge is 2.36. The lowest BCUT2D eigenvalue weighted by Crippen LogP contribution is -2.29. The summed E-state index contributed by atoms with van der Waals surface area (Å²) in [6.45, 7) is 5.82. The van der Waals surface area contributed by atoms with Gasteiger partial charge in [0.2, 0.25) is 0 Å². The normalized spacial score (nSPS) is 17.4. The zero-order valence-corrected chi connectivity index (χ0v) is 29.7. The van der Waals surface area contributed by atoms with Crippen molar-refractivity contribution in [2.24, 2.45) is 5.92 Å². The molecule has 266 valence electrons. The molecule has 0 saturated carbocycles. The first kappa shape index (κ1) is 42.3. The number of phosphoric ester groups is 1. The van der Waals surface area contributed by atoms with Crippen LogP contribution < -0.4 is 0 Å². The van der Waals surface area contributed by atoms with Crippen molar-refractivity contribution in [3.63, 3.8) is 0 Å². The van der Waals surface area contributed by atoms with E-state index in [1.54, 1.807) is 0 Å². The molecule has 0 aromatic carbocycles. The van der Waals surface area contributed by atoms with E-state index in [1.807, 2.05) is 6.08 Å². The van der Waals surface area contributed by atoms with Crippen molar-refractivity contribution < 1.29 is 42.7 Å². The van der Waals surface area contributed by atoms with Crippen LogP contribution in [0.3, 0.4) is 0 Å². The Labute approximate surface area is 278 Å². The molecule has 0 radical (unpaired) electrons. The van der Waals surface area contributed by atoms with Crippen LogP contribution in [0.15, 0.2) is 36.5 Å². The molecule has 9 nitrogen and oxygen atoms in total. The van der Waals surface area contributed by atoms with Gasteiger partial charge in [-0.05, 0) is 50.9 Å². The lowest BCUT2D eigenvalue weighted by atomic mass is 10.0. The van der Waals surface area contributed by atoms with Crippen molar-refractivity contribution in [2.75, 3.05) is 13.2 Å². The number of hydrogen-bond donors (Lipinski definition) is 2. The topological polar surface area (TPSA) is 132 Å². The van der Waals surface area contributed by atoms with E-state index in [-0.39, 0.29) is 19.4 Å². The van der Waals surface area contributed by atoms with Gasteiger partial charge in [0.05, 0.1) is 18.8 Å². The van der Waals surface area contributed by atoms with E-state index in [2.05, 4.69) is 55.7 Å². The van der Waals surface area contributed by atoms with Crippen molar-refractivity contribution in [1.82, 2.24) is 0 Å². The van der Waals surface area contributed by atoms with Gasteiger partial charge < -0.3 is 24.0 Å². The third kappa shape index (κ3) is 27.4. The Hall–Kier alpha value is -1.77. The molecule has 1 saturated heterocycles. The standard InChI is InChI=1S/C36H63O9P/c1-4-5-19-25-33-34(45-33)26-21-16-12-8-6-7-9-13-17-22-27-35(37)42-29-32(30-43-46(39,40)41)44-36(38)28-23-18-14-10-11-15-20-24-31(2)3/h6,8-9,13,16,21,31-34H,4-5,7,10-12,14-15,17-20,22-30H2,1-3H3,(H2,39,40,41)/b8-6-,13-9-,21-16-/t32-,33?,34?/m1/s1. The Morgan fingerprint density at radius 1 is 0.761 bits per heavy atom. The lowest BCUT2D eigenvalue weighted by molar-refractivity contribution is -0.161. The monoisotopic (exact) mass is 670 g/mol. The fourth-order valence-electron chi connectivity index (χ4n) is 5.00. The number of hydrogen-bond acceptors (Lipinski definition) is 7. The Kier molecular flexibility index (Phi) is 25.0. The number of esters is 2. The number of allylic oxidation sites excluding steroid dienone is 5. The maximum Gasteiger partial charge on any atom is 0.469 e. The predicted molar refractivity (Wildman–Crippen MR) is 183 cm³/mol. The zero-order valence-electron chi connectivity index (χ0n) is 28.8. The van der Waals surface area contributed by atoms with Crippen LogP contribution in [0, 0.1) is 5.92 Å². The second-order valence-corrected chi connectivity index (χ2v) is 14.0. The summed E-state index contributed by atoms with van der Waals surface area (Å²) in [6.07, 6.45) is 30.7. The van der Waals surface area contributed by atoms with Crippen molar-refractivity contribution >= 4 is 19.8 Å². The molecule has 1 aliphatic heterocycles. The lowest BCUT2D eigenvalue weighted by Gasteiger charge is -2.18. The van der Waals surface area contributed by atoms with Gasteiger partial charge in [-0.1, -0.05) is 121 Å². The molecule has 1 rings (SSSR count). The van der Waals surface area contributed by atoms with E-state index in [4.69, 9.17) is 24.0 Å². The number of carbonyl (C=O) groups excluding carboxylic acids is 2. The molecular formula is C36H63O9P. The summed E-state index contributed by atoms with van der Waals surface area (Å²) in [5.74, 6) is -0.216. The summed E-state index contributed by atoms with van der Waals surface area (Å²) in [7, 11) is -4.76. The molecule has 3 atom stereocenters. The van der Waals surface area contributed by atoms with Gasteiger partial charge in [0, 0.05) is 12.8 Å². The predicted octanol–water partition coefficient (Wildman–Crippen LogP) is 9.07. The van der Waals surface area contributed by atoms with Gasteiger partial charge in [0.1, 0.15) is 6.61 Å². The van der Waals surface area contributed by atoms with Crippen molar-refractivity contribution in [3.05, 3.63) is 36.5 Å². The van der Waals surface area contributed by atoms with Gasteiger partial charge in [-0.15, -0.1) is 0 Å². The quantitative estimate of drug-likeness (QED) is 0.0252. The second-order valence-electron chi connectivity index (χ2n) is 12.7. The molecule has 0 amide bonds. The first-order chi connectivity index (χ1) is 22.1. The van der Waals surface area contributed by atoms with Crippen LogP contribution in [0.25, 0.3) is 0 Å². The van der Waals surface area contributed by atoms with Crippen molar-refractivity contribution in [3.8, 4) is 0 Å². The molecule has 0 aromatic rings. The number of ether oxygens (including phenoxy) is 3. The van der Waals surface area contributed by atoms with E-state index in [0.29, 0.717) is 25.0 Å². The molecular weight excluding hydrogens is 607 g/mol. The van der Waals surface area contributed by atoms with Crippen molar-refractivity contribution in [2.45, 2.75) is 161 Å². The fourth-order valence-corrected chi connectivity index (χ4v) is 5.36. The number of carbonyl (C=O) groups is 2. The highest BCUT2D eigenvalue weighted by molar-refractivity contribution is 7.46. The van der Waals surface area contributed by atoms with Crippen LogP contribution in [0.2, 0.25) is 0 Å². The minimum Gasteiger partial charge on any atom is -0.462 e. The molecule has 1 fully saturated rings. The van der Waals surface area contributed by atoms with Crippen LogP contribution >= 0.6 is 7.82 Å². The van der Waals surface area contributed by atoms with Gasteiger partial charge >= 0.3 is 19.8 Å². The number of rotatable bonds is 30. The third-order valence-electron chi connectivity index (χ3n) is 7.76. The molecule has 0 aromatic heterocycles. The molecule has 2 N–H and O–H groups in total. The van der Waals surface area contributed by atoms with E-state index < -0.39 is 32.5 Å². The molecule has 0 aliphatic carbocycles. The van der Waals surface area contributed by atoms with Crippen LogP contribution in [-0.2, 0) is 32.9 Å². The minimum atomic E-state index is -4.76. The zero-order chi connectivity index (χ0) is 33.9. The molecule has 0 spiro atoms. The Bertz CT molecular complexity index is 924. The average molecular weight is 671 g/mol. The SMILES string of the molecule is CCCCCC1OC1C/C=C\C/C=C\C/C=C\CCCC(=O)OC[C@H](COP(=O)(O)O)OC(=O)CCCCCCCCCC(C)C.